The van der Waals surface area contributed by atoms with Crippen molar-refractivity contribution in [1.82, 2.24) is 5.32 Å². The number of benzene rings is 2. The Kier molecular flexibility index (Phi) is 4.95. The van der Waals surface area contributed by atoms with E-state index in [0.29, 0.717) is 16.9 Å². The van der Waals surface area contributed by atoms with Gasteiger partial charge in [-0.3, -0.25) is 14.9 Å². The van der Waals surface area contributed by atoms with Crippen LogP contribution in [-0.4, -0.2) is 17.9 Å². The monoisotopic (exact) mass is 314 g/mol. The van der Waals surface area contributed by atoms with E-state index in [9.17, 15) is 14.9 Å². The van der Waals surface area contributed by atoms with Gasteiger partial charge in [0.05, 0.1) is 18.1 Å². The predicted octanol–water partition coefficient (Wildman–Crippen LogP) is 3.40. The van der Waals surface area contributed by atoms with Crippen LogP contribution in [0.15, 0.2) is 42.5 Å². The maximum Gasteiger partial charge on any atom is 0.273 e. The van der Waals surface area contributed by atoms with Crippen molar-refractivity contribution in [1.29, 1.82) is 0 Å². The first-order valence-electron chi connectivity index (χ1n) is 7.13. The molecule has 0 heterocycles. The first-order valence-corrected chi connectivity index (χ1v) is 7.13. The number of methoxy groups -OCH3 is 1. The van der Waals surface area contributed by atoms with Gasteiger partial charge in [-0.05, 0) is 26.0 Å². The van der Waals surface area contributed by atoms with Crippen LogP contribution in [0.3, 0.4) is 0 Å². The second-order valence-electron chi connectivity index (χ2n) is 5.14. The van der Waals surface area contributed by atoms with Gasteiger partial charge >= 0.3 is 0 Å². The molecule has 0 fully saturated rings. The Morgan fingerprint density at radius 1 is 1.22 bits per heavy atom. The topological polar surface area (TPSA) is 81.5 Å². The van der Waals surface area contributed by atoms with Crippen LogP contribution in [-0.2, 0) is 0 Å². The summed E-state index contributed by atoms with van der Waals surface area (Å²) < 4.78 is 5.29. The van der Waals surface area contributed by atoms with Crippen molar-refractivity contribution < 1.29 is 14.5 Å². The lowest BCUT2D eigenvalue weighted by Gasteiger charge is -2.17. The predicted molar refractivity (Wildman–Crippen MR) is 86.7 cm³/mol. The second kappa shape index (κ2) is 6.91. The summed E-state index contributed by atoms with van der Waals surface area (Å²) in [6.07, 6.45) is 0. The fraction of sp³-hybridized carbons (Fsp3) is 0.235. The Bertz CT molecular complexity index is 743. The van der Waals surface area contributed by atoms with Crippen LogP contribution in [0.4, 0.5) is 5.69 Å². The zero-order valence-electron chi connectivity index (χ0n) is 13.2. The zero-order valence-corrected chi connectivity index (χ0v) is 13.2. The SMILES string of the molecule is COc1ccccc1[C@H](C)NC(=O)c1cccc([N+](=O)[O-])c1C. The smallest absolute Gasteiger partial charge is 0.273 e. The summed E-state index contributed by atoms with van der Waals surface area (Å²) in [5.41, 5.74) is 1.41. The molecule has 0 aliphatic rings. The molecule has 0 unspecified atom stereocenters. The number of rotatable bonds is 5. The Morgan fingerprint density at radius 2 is 1.91 bits per heavy atom. The highest BCUT2D eigenvalue weighted by molar-refractivity contribution is 5.96. The molecule has 2 aromatic rings. The number of amides is 1. The summed E-state index contributed by atoms with van der Waals surface area (Å²) >= 11 is 0. The molecule has 0 spiro atoms. The van der Waals surface area contributed by atoms with Crippen LogP contribution in [0, 0.1) is 17.0 Å². The molecule has 0 saturated heterocycles. The summed E-state index contributed by atoms with van der Waals surface area (Å²) in [7, 11) is 1.57. The summed E-state index contributed by atoms with van der Waals surface area (Å²) in [6, 6.07) is 11.6. The van der Waals surface area contributed by atoms with Crippen molar-refractivity contribution in [3.8, 4) is 5.75 Å². The number of ether oxygens (including phenoxy) is 1. The maximum absolute atomic E-state index is 12.4. The fourth-order valence-corrected chi connectivity index (χ4v) is 2.44. The molecule has 0 aliphatic heterocycles. The van der Waals surface area contributed by atoms with E-state index in [4.69, 9.17) is 4.74 Å². The van der Waals surface area contributed by atoms with E-state index < -0.39 is 4.92 Å². The van der Waals surface area contributed by atoms with Crippen molar-refractivity contribution in [2.75, 3.05) is 7.11 Å². The Labute approximate surface area is 134 Å². The molecule has 2 rings (SSSR count). The lowest BCUT2D eigenvalue weighted by atomic mass is 10.0. The minimum atomic E-state index is -0.490. The van der Waals surface area contributed by atoms with Gasteiger partial charge < -0.3 is 10.1 Å². The quantitative estimate of drug-likeness (QED) is 0.677. The summed E-state index contributed by atoms with van der Waals surface area (Å²) in [5, 5.41) is 13.8. The molecule has 0 radical (unpaired) electrons. The number of hydrogen-bond donors (Lipinski definition) is 1. The van der Waals surface area contributed by atoms with Gasteiger partial charge in [-0.15, -0.1) is 0 Å². The number of nitro groups is 1. The summed E-state index contributed by atoms with van der Waals surface area (Å²) in [4.78, 5) is 22.9. The van der Waals surface area contributed by atoms with E-state index >= 15 is 0 Å². The highest BCUT2D eigenvalue weighted by Gasteiger charge is 2.20. The third-order valence-electron chi connectivity index (χ3n) is 3.70. The second-order valence-corrected chi connectivity index (χ2v) is 5.14. The van der Waals surface area contributed by atoms with E-state index in [1.165, 1.54) is 12.1 Å². The maximum atomic E-state index is 12.4. The van der Waals surface area contributed by atoms with E-state index in [0.717, 1.165) is 5.56 Å². The van der Waals surface area contributed by atoms with Gasteiger partial charge in [0.15, 0.2) is 0 Å². The Morgan fingerprint density at radius 3 is 2.57 bits per heavy atom. The molecule has 1 atom stereocenters. The van der Waals surface area contributed by atoms with Crippen LogP contribution >= 0.6 is 0 Å². The minimum absolute atomic E-state index is 0.0670. The molecule has 0 aromatic heterocycles. The van der Waals surface area contributed by atoms with Crippen molar-refractivity contribution in [2.24, 2.45) is 0 Å². The number of nitrogens with one attached hydrogen (secondary N) is 1. The van der Waals surface area contributed by atoms with Crippen LogP contribution in [0.1, 0.15) is 34.5 Å². The molecule has 0 bridgehead atoms. The summed E-state index contributed by atoms with van der Waals surface area (Å²) in [5.74, 6) is 0.320. The van der Waals surface area contributed by atoms with Gasteiger partial charge in [0.2, 0.25) is 0 Å². The van der Waals surface area contributed by atoms with Gasteiger partial charge in [-0.1, -0.05) is 24.3 Å². The lowest BCUT2D eigenvalue weighted by molar-refractivity contribution is -0.385. The molecule has 23 heavy (non-hydrogen) atoms. The fourth-order valence-electron chi connectivity index (χ4n) is 2.44. The van der Waals surface area contributed by atoms with Crippen molar-refractivity contribution in [3.05, 3.63) is 69.3 Å². The third kappa shape index (κ3) is 3.48. The molecular formula is C17H18N2O4. The van der Waals surface area contributed by atoms with Crippen molar-refractivity contribution in [3.63, 3.8) is 0 Å². The van der Waals surface area contributed by atoms with Gasteiger partial charge in [0.25, 0.3) is 11.6 Å². The normalized spacial score (nSPS) is 11.6. The van der Waals surface area contributed by atoms with Crippen molar-refractivity contribution >= 4 is 11.6 Å². The molecule has 1 amide bonds. The molecule has 0 saturated carbocycles. The number of para-hydroxylation sites is 1. The molecule has 120 valence electrons. The largest absolute Gasteiger partial charge is 0.496 e. The average Bonchev–Trinajstić information content (AvgIpc) is 2.54. The number of carbonyl (C=O) groups excluding carboxylic acids is 1. The molecule has 2 aromatic carbocycles. The highest BCUT2D eigenvalue weighted by Crippen LogP contribution is 2.26. The van der Waals surface area contributed by atoms with Crippen LogP contribution < -0.4 is 10.1 Å². The van der Waals surface area contributed by atoms with Gasteiger partial charge in [-0.2, -0.15) is 0 Å². The highest BCUT2D eigenvalue weighted by atomic mass is 16.6. The molecule has 6 heteroatoms. The Balaban J connectivity index is 2.26. The molecular weight excluding hydrogens is 296 g/mol. The first-order chi connectivity index (χ1) is 11.0. The lowest BCUT2D eigenvalue weighted by Crippen LogP contribution is -2.27. The van der Waals surface area contributed by atoms with Gasteiger partial charge in [0.1, 0.15) is 5.75 Å². The summed E-state index contributed by atoms with van der Waals surface area (Å²) in [6.45, 7) is 3.41. The van der Waals surface area contributed by atoms with Crippen LogP contribution in [0.2, 0.25) is 0 Å². The average molecular weight is 314 g/mol. The van der Waals surface area contributed by atoms with Crippen LogP contribution in [0.25, 0.3) is 0 Å². The standard InChI is InChI=1S/C17H18N2O4/c1-11-13(8-6-9-15(11)19(21)22)17(20)18-12(2)14-7-4-5-10-16(14)23-3/h4-10,12H,1-3H3,(H,18,20)/t12-/m0/s1. The van der Waals surface area contributed by atoms with Gasteiger partial charge in [-0.25, -0.2) is 0 Å². The number of hydrogen-bond acceptors (Lipinski definition) is 4. The van der Waals surface area contributed by atoms with Crippen molar-refractivity contribution in [2.45, 2.75) is 19.9 Å². The van der Waals surface area contributed by atoms with E-state index in [1.54, 1.807) is 20.1 Å². The molecule has 1 N–H and O–H groups in total. The number of nitro benzene ring substituents is 1. The van der Waals surface area contributed by atoms with Crippen LogP contribution in [0.5, 0.6) is 5.75 Å². The van der Waals surface area contributed by atoms with Gasteiger partial charge in [0, 0.05) is 22.8 Å². The number of nitrogens with zero attached hydrogens (tertiary/aromatic N) is 1. The third-order valence-corrected chi connectivity index (χ3v) is 3.70. The minimum Gasteiger partial charge on any atom is -0.496 e. The Hall–Kier alpha value is -2.89. The molecule has 6 nitrogen and oxygen atoms in total. The first kappa shape index (κ1) is 16.5. The number of carbonyl (C=O) groups is 1. The van der Waals surface area contributed by atoms with E-state index in [-0.39, 0.29) is 17.6 Å². The van der Waals surface area contributed by atoms with E-state index in [1.807, 2.05) is 31.2 Å². The molecule has 0 aliphatic carbocycles. The van der Waals surface area contributed by atoms with E-state index in [2.05, 4.69) is 5.32 Å². The zero-order chi connectivity index (χ0) is 17.0.